The van der Waals surface area contributed by atoms with Crippen molar-refractivity contribution in [2.75, 3.05) is 33.8 Å². The van der Waals surface area contributed by atoms with Crippen molar-refractivity contribution < 1.29 is 9.53 Å². The van der Waals surface area contributed by atoms with Crippen LogP contribution in [0.1, 0.15) is 38.2 Å². The maximum atomic E-state index is 11.9. The fourth-order valence-corrected chi connectivity index (χ4v) is 2.84. The van der Waals surface area contributed by atoms with E-state index in [0.717, 1.165) is 19.4 Å². The van der Waals surface area contributed by atoms with E-state index in [-0.39, 0.29) is 24.6 Å². The third-order valence-corrected chi connectivity index (χ3v) is 4.83. The summed E-state index contributed by atoms with van der Waals surface area (Å²) in [6, 6.07) is 10.6. The zero-order valence-electron chi connectivity index (χ0n) is 16.4. The molecule has 0 spiro atoms. The predicted octanol–water partition coefficient (Wildman–Crippen LogP) is 1.98. The number of hydrogen-bond acceptors (Lipinski definition) is 3. The smallest absolute Gasteiger partial charge is 0.243 e. The van der Waals surface area contributed by atoms with Crippen molar-refractivity contribution in [1.82, 2.24) is 15.5 Å². The molecule has 1 aliphatic heterocycles. The average molecular weight is 361 g/mol. The summed E-state index contributed by atoms with van der Waals surface area (Å²) in [6.07, 6.45) is 2.38. The summed E-state index contributed by atoms with van der Waals surface area (Å²) < 4.78 is 5.67. The van der Waals surface area contributed by atoms with Gasteiger partial charge in [-0.25, -0.2) is 4.99 Å². The van der Waals surface area contributed by atoms with Gasteiger partial charge in [0.15, 0.2) is 5.96 Å². The predicted molar refractivity (Wildman–Crippen MR) is 105 cm³/mol. The SMILES string of the molecule is CC(NC(=NCC(=O)N(C)C)NCC1CCCO1)C(C)c1ccccc1. The first-order valence-corrected chi connectivity index (χ1v) is 9.39. The fourth-order valence-electron chi connectivity index (χ4n) is 2.84. The van der Waals surface area contributed by atoms with Gasteiger partial charge in [0.2, 0.25) is 5.91 Å². The Morgan fingerprint density at radius 2 is 2.04 bits per heavy atom. The van der Waals surface area contributed by atoms with E-state index in [4.69, 9.17) is 4.74 Å². The molecular formula is C20H32N4O2. The molecule has 3 unspecified atom stereocenters. The number of nitrogens with one attached hydrogen (secondary N) is 2. The summed E-state index contributed by atoms with van der Waals surface area (Å²) in [5.41, 5.74) is 1.27. The van der Waals surface area contributed by atoms with Gasteiger partial charge in [-0.1, -0.05) is 37.3 Å². The number of likely N-dealkylation sites (N-methyl/N-ethyl adjacent to an activating group) is 1. The Hall–Kier alpha value is -2.08. The molecule has 1 fully saturated rings. The largest absolute Gasteiger partial charge is 0.376 e. The Kier molecular flexibility index (Phi) is 7.91. The van der Waals surface area contributed by atoms with E-state index in [2.05, 4.69) is 53.7 Å². The summed E-state index contributed by atoms with van der Waals surface area (Å²) in [6.45, 7) is 5.98. The number of ether oxygens (including phenoxy) is 1. The second-order valence-electron chi connectivity index (χ2n) is 7.10. The number of amides is 1. The number of hydrogen-bond donors (Lipinski definition) is 2. The first-order valence-electron chi connectivity index (χ1n) is 9.39. The molecule has 0 aliphatic carbocycles. The fraction of sp³-hybridized carbons (Fsp3) is 0.600. The molecule has 1 amide bonds. The first kappa shape index (κ1) is 20.2. The van der Waals surface area contributed by atoms with E-state index in [1.54, 1.807) is 19.0 Å². The number of carbonyl (C=O) groups is 1. The van der Waals surface area contributed by atoms with Gasteiger partial charge < -0.3 is 20.3 Å². The molecule has 0 bridgehead atoms. The quantitative estimate of drug-likeness (QED) is 0.576. The Morgan fingerprint density at radius 1 is 1.31 bits per heavy atom. The van der Waals surface area contributed by atoms with Gasteiger partial charge in [-0.15, -0.1) is 0 Å². The number of guanidine groups is 1. The van der Waals surface area contributed by atoms with Crippen molar-refractivity contribution >= 4 is 11.9 Å². The molecule has 3 atom stereocenters. The first-order chi connectivity index (χ1) is 12.5. The molecule has 26 heavy (non-hydrogen) atoms. The molecule has 1 heterocycles. The molecule has 1 saturated heterocycles. The van der Waals surface area contributed by atoms with Gasteiger partial charge >= 0.3 is 0 Å². The third-order valence-electron chi connectivity index (χ3n) is 4.83. The molecule has 6 heteroatoms. The standard InChI is InChI=1S/C20H32N4O2/c1-15(17-9-6-5-7-10-17)16(2)23-20(22-14-19(25)24(3)4)21-13-18-11-8-12-26-18/h5-7,9-10,15-16,18H,8,11-14H2,1-4H3,(H2,21,22,23). The van der Waals surface area contributed by atoms with Crippen LogP contribution in [0.25, 0.3) is 0 Å². The lowest BCUT2D eigenvalue weighted by Crippen LogP contribution is -2.46. The molecule has 144 valence electrons. The Balaban J connectivity index is 1.98. The van der Waals surface area contributed by atoms with Crippen molar-refractivity contribution in [3.8, 4) is 0 Å². The zero-order chi connectivity index (χ0) is 18.9. The second kappa shape index (κ2) is 10.2. The summed E-state index contributed by atoms with van der Waals surface area (Å²) in [5.74, 6) is 0.952. The number of benzene rings is 1. The summed E-state index contributed by atoms with van der Waals surface area (Å²) >= 11 is 0. The maximum absolute atomic E-state index is 11.9. The van der Waals surface area contributed by atoms with Crippen LogP contribution in [0, 0.1) is 0 Å². The Morgan fingerprint density at radius 3 is 2.65 bits per heavy atom. The van der Waals surface area contributed by atoms with E-state index in [1.165, 1.54) is 5.56 Å². The molecule has 2 N–H and O–H groups in total. The van der Waals surface area contributed by atoms with Crippen LogP contribution in [0.15, 0.2) is 35.3 Å². The Labute approximate surface area is 157 Å². The van der Waals surface area contributed by atoms with E-state index in [0.29, 0.717) is 18.4 Å². The highest BCUT2D eigenvalue weighted by Gasteiger charge is 2.19. The van der Waals surface area contributed by atoms with Gasteiger partial charge in [0, 0.05) is 39.2 Å². The lowest BCUT2D eigenvalue weighted by Gasteiger charge is -2.25. The van der Waals surface area contributed by atoms with Crippen molar-refractivity contribution in [2.45, 2.75) is 44.8 Å². The van der Waals surface area contributed by atoms with Gasteiger partial charge in [0.05, 0.1) is 6.10 Å². The molecule has 0 saturated carbocycles. The maximum Gasteiger partial charge on any atom is 0.243 e. The van der Waals surface area contributed by atoms with Crippen LogP contribution < -0.4 is 10.6 Å². The van der Waals surface area contributed by atoms with Crippen LogP contribution in [0.2, 0.25) is 0 Å². The number of aliphatic imine (C=N–C) groups is 1. The van der Waals surface area contributed by atoms with Gasteiger partial charge in [-0.3, -0.25) is 4.79 Å². The summed E-state index contributed by atoms with van der Waals surface area (Å²) in [7, 11) is 3.48. The van der Waals surface area contributed by atoms with Gasteiger partial charge in [-0.2, -0.15) is 0 Å². The lowest BCUT2D eigenvalue weighted by molar-refractivity contribution is -0.127. The highest BCUT2D eigenvalue weighted by molar-refractivity contribution is 5.85. The van der Waals surface area contributed by atoms with Crippen LogP contribution in [0.3, 0.4) is 0 Å². The highest BCUT2D eigenvalue weighted by Crippen LogP contribution is 2.18. The van der Waals surface area contributed by atoms with Gasteiger partial charge in [-0.05, 0) is 25.3 Å². The molecule has 1 aromatic rings. The molecule has 2 rings (SSSR count). The second-order valence-corrected chi connectivity index (χ2v) is 7.10. The van der Waals surface area contributed by atoms with Crippen LogP contribution >= 0.6 is 0 Å². The number of nitrogens with zero attached hydrogens (tertiary/aromatic N) is 2. The third kappa shape index (κ3) is 6.33. The van der Waals surface area contributed by atoms with Crippen molar-refractivity contribution in [1.29, 1.82) is 0 Å². The molecule has 0 radical (unpaired) electrons. The minimum Gasteiger partial charge on any atom is -0.376 e. The van der Waals surface area contributed by atoms with Crippen LogP contribution in [-0.2, 0) is 9.53 Å². The van der Waals surface area contributed by atoms with Gasteiger partial charge in [0.25, 0.3) is 0 Å². The molecule has 0 aromatic heterocycles. The molecular weight excluding hydrogens is 328 g/mol. The number of rotatable bonds is 7. The molecule has 1 aromatic carbocycles. The summed E-state index contributed by atoms with van der Waals surface area (Å²) in [5, 5.41) is 6.78. The van der Waals surface area contributed by atoms with Gasteiger partial charge in [0.1, 0.15) is 6.54 Å². The van der Waals surface area contributed by atoms with E-state index in [1.807, 2.05) is 6.07 Å². The van der Waals surface area contributed by atoms with Crippen molar-refractivity contribution in [2.24, 2.45) is 4.99 Å². The highest BCUT2D eigenvalue weighted by atomic mass is 16.5. The van der Waals surface area contributed by atoms with Crippen molar-refractivity contribution in [3.05, 3.63) is 35.9 Å². The number of carbonyl (C=O) groups excluding carboxylic acids is 1. The van der Waals surface area contributed by atoms with Crippen LogP contribution in [0.5, 0.6) is 0 Å². The van der Waals surface area contributed by atoms with Crippen molar-refractivity contribution in [3.63, 3.8) is 0 Å². The molecule has 6 nitrogen and oxygen atoms in total. The topological polar surface area (TPSA) is 66.0 Å². The van der Waals surface area contributed by atoms with E-state index >= 15 is 0 Å². The van der Waals surface area contributed by atoms with E-state index in [9.17, 15) is 4.79 Å². The molecule has 1 aliphatic rings. The zero-order valence-corrected chi connectivity index (χ0v) is 16.4. The summed E-state index contributed by atoms with van der Waals surface area (Å²) in [4.78, 5) is 17.9. The minimum atomic E-state index is -0.0213. The minimum absolute atomic E-state index is 0.0213. The normalized spacial score (nSPS) is 19.7. The van der Waals surface area contributed by atoms with Crippen LogP contribution in [-0.4, -0.2) is 62.7 Å². The van der Waals surface area contributed by atoms with Crippen LogP contribution in [0.4, 0.5) is 0 Å². The van der Waals surface area contributed by atoms with E-state index < -0.39 is 0 Å². The lowest BCUT2D eigenvalue weighted by atomic mass is 9.94. The average Bonchev–Trinajstić information content (AvgIpc) is 3.17. The Bertz CT molecular complexity index is 583. The monoisotopic (exact) mass is 360 g/mol.